The van der Waals surface area contributed by atoms with E-state index in [1.165, 1.54) is 10.9 Å². The van der Waals surface area contributed by atoms with Crippen LogP contribution < -0.4 is 5.32 Å². The normalized spacial score (nSPS) is 12.0. The zero-order valence-electron chi connectivity index (χ0n) is 12.2. The van der Waals surface area contributed by atoms with Gasteiger partial charge in [0.2, 0.25) is 0 Å². The fraction of sp³-hybridized carbons (Fsp3) is 0.438. The van der Waals surface area contributed by atoms with Crippen molar-refractivity contribution < 1.29 is 0 Å². The number of nitrogens with zero attached hydrogens (tertiary/aromatic N) is 1. The molecule has 0 aliphatic rings. The summed E-state index contributed by atoms with van der Waals surface area (Å²) in [6.45, 7) is 10.7. The maximum absolute atomic E-state index is 4.84. The molecule has 1 aromatic heterocycles. The molecule has 0 spiro atoms. The minimum absolute atomic E-state index is 0.177. The third-order valence-corrected chi connectivity index (χ3v) is 3.89. The zero-order chi connectivity index (χ0) is 13.9. The lowest BCUT2D eigenvalue weighted by Gasteiger charge is -2.19. The van der Waals surface area contributed by atoms with E-state index in [1.54, 1.807) is 0 Å². The Morgan fingerprint density at radius 3 is 2.63 bits per heavy atom. The van der Waals surface area contributed by atoms with E-state index < -0.39 is 0 Å². The summed E-state index contributed by atoms with van der Waals surface area (Å²) < 4.78 is 0.177. The van der Waals surface area contributed by atoms with E-state index in [2.05, 4.69) is 57.3 Å². The number of hydrogen-bond donors (Lipinski definition) is 1. The van der Waals surface area contributed by atoms with Crippen LogP contribution in [0.5, 0.6) is 0 Å². The Hall–Kier alpha value is -1.06. The predicted octanol–water partition coefficient (Wildman–Crippen LogP) is 4.23. The molecule has 1 aromatic carbocycles. The first kappa shape index (κ1) is 14.4. The topological polar surface area (TPSA) is 24.9 Å². The van der Waals surface area contributed by atoms with Crippen LogP contribution in [0.2, 0.25) is 0 Å². The number of rotatable bonds is 4. The van der Waals surface area contributed by atoms with Crippen molar-refractivity contribution in [1.82, 2.24) is 10.3 Å². The van der Waals surface area contributed by atoms with Gasteiger partial charge in [0.05, 0.1) is 5.52 Å². The number of pyridine rings is 1. The molecule has 0 atom stereocenters. The largest absolute Gasteiger partial charge is 0.313 e. The van der Waals surface area contributed by atoms with E-state index in [0.29, 0.717) is 0 Å². The molecular weight excluding hydrogens is 252 g/mol. The summed E-state index contributed by atoms with van der Waals surface area (Å²) in [5, 5.41) is 5.76. The molecule has 102 valence electrons. The molecule has 2 rings (SSSR count). The lowest BCUT2D eigenvalue weighted by molar-refractivity contribution is 0.711. The third-order valence-electron chi connectivity index (χ3n) is 2.73. The molecule has 0 aliphatic carbocycles. The minimum atomic E-state index is 0.177. The van der Waals surface area contributed by atoms with Crippen molar-refractivity contribution in [2.45, 2.75) is 44.0 Å². The Morgan fingerprint density at radius 2 is 1.95 bits per heavy atom. The molecule has 2 aromatic rings. The van der Waals surface area contributed by atoms with E-state index in [1.807, 2.05) is 17.8 Å². The number of para-hydroxylation sites is 1. The van der Waals surface area contributed by atoms with Crippen LogP contribution in [0.4, 0.5) is 0 Å². The highest BCUT2D eigenvalue weighted by molar-refractivity contribution is 8.00. The molecule has 0 fully saturated rings. The van der Waals surface area contributed by atoms with Crippen LogP contribution in [0.1, 0.15) is 33.3 Å². The average Bonchev–Trinajstić information content (AvgIpc) is 2.34. The van der Waals surface area contributed by atoms with Crippen molar-refractivity contribution in [3.63, 3.8) is 0 Å². The molecule has 0 aliphatic heterocycles. The molecule has 0 bridgehead atoms. The summed E-state index contributed by atoms with van der Waals surface area (Å²) in [5.41, 5.74) is 2.37. The maximum Gasteiger partial charge on any atom is 0.102 e. The van der Waals surface area contributed by atoms with E-state index >= 15 is 0 Å². The van der Waals surface area contributed by atoms with Gasteiger partial charge in [0.15, 0.2) is 0 Å². The van der Waals surface area contributed by atoms with Gasteiger partial charge in [-0.3, -0.25) is 0 Å². The molecular formula is C16H22N2S. The highest BCUT2D eigenvalue weighted by Crippen LogP contribution is 2.34. The average molecular weight is 274 g/mol. The Bertz CT molecular complexity index is 558. The summed E-state index contributed by atoms with van der Waals surface area (Å²) in [6, 6.07) is 10.6. The van der Waals surface area contributed by atoms with E-state index in [-0.39, 0.29) is 4.75 Å². The second-order valence-electron chi connectivity index (χ2n) is 5.64. The standard InChI is InChI=1S/C16H22N2S/c1-5-17-11-13-10-12-8-6-7-9-14(12)18-15(13)19-16(2,3)4/h6-10,17H,5,11H2,1-4H3. The summed E-state index contributed by atoms with van der Waals surface area (Å²) in [7, 11) is 0. The molecule has 1 heterocycles. The number of benzene rings is 1. The van der Waals surface area contributed by atoms with Gasteiger partial charge < -0.3 is 5.32 Å². The molecule has 2 nitrogen and oxygen atoms in total. The number of hydrogen-bond acceptors (Lipinski definition) is 3. The van der Waals surface area contributed by atoms with Crippen molar-refractivity contribution in [3.05, 3.63) is 35.9 Å². The van der Waals surface area contributed by atoms with Gasteiger partial charge in [-0.15, -0.1) is 11.8 Å². The van der Waals surface area contributed by atoms with Crippen LogP contribution in [-0.4, -0.2) is 16.3 Å². The molecule has 3 heteroatoms. The SMILES string of the molecule is CCNCc1cc2ccccc2nc1SC(C)(C)C. The van der Waals surface area contributed by atoms with Crippen molar-refractivity contribution in [2.75, 3.05) is 6.54 Å². The van der Waals surface area contributed by atoms with Crippen LogP contribution in [0.3, 0.4) is 0 Å². The summed E-state index contributed by atoms with van der Waals surface area (Å²) in [4.78, 5) is 4.84. The Morgan fingerprint density at radius 1 is 1.21 bits per heavy atom. The van der Waals surface area contributed by atoms with E-state index in [4.69, 9.17) is 4.98 Å². The van der Waals surface area contributed by atoms with Gasteiger partial charge in [-0.2, -0.15) is 0 Å². The van der Waals surface area contributed by atoms with Gasteiger partial charge in [-0.1, -0.05) is 45.9 Å². The van der Waals surface area contributed by atoms with Gasteiger partial charge in [0.25, 0.3) is 0 Å². The Kier molecular flexibility index (Phi) is 4.48. The minimum Gasteiger partial charge on any atom is -0.313 e. The van der Waals surface area contributed by atoms with Gasteiger partial charge in [0.1, 0.15) is 5.03 Å². The fourth-order valence-electron chi connectivity index (χ4n) is 1.91. The van der Waals surface area contributed by atoms with Gasteiger partial charge in [-0.25, -0.2) is 4.98 Å². The first-order valence-electron chi connectivity index (χ1n) is 6.78. The molecule has 0 saturated carbocycles. The molecule has 0 radical (unpaired) electrons. The summed E-state index contributed by atoms with van der Waals surface area (Å²) in [6.07, 6.45) is 0. The van der Waals surface area contributed by atoms with Crippen LogP contribution in [0.15, 0.2) is 35.4 Å². The van der Waals surface area contributed by atoms with Gasteiger partial charge in [-0.05, 0) is 24.2 Å². The van der Waals surface area contributed by atoms with Gasteiger partial charge in [0, 0.05) is 16.7 Å². The van der Waals surface area contributed by atoms with Crippen molar-refractivity contribution in [1.29, 1.82) is 0 Å². The highest BCUT2D eigenvalue weighted by atomic mass is 32.2. The highest BCUT2D eigenvalue weighted by Gasteiger charge is 2.16. The Balaban J connectivity index is 2.44. The quantitative estimate of drug-likeness (QED) is 0.844. The second kappa shape index (κ2) is 5.93. The van der Waals surface area contributed by atoms with Crippen LogP contribution in [0, 0.1) is 0 Å². The molecule has 0 amide bonds. The van der Waals surface area contributed by atoms with Crippen LogP contribution in [0.25, 0.3) is 10.9 Å². The second-order valence-corrected chi connectivity index (χ2v) is 7.46. The molecule has 19 heavy (non-hydrogen) atoms. The molecule has 0 unspecified atom stereocenters. The summed E-state index contributed by atoms with van der Waals surface area (Å²) in [5.74, 6) is 0. The van der Waals surface area contributed by atoms with Crippen LogP contribution in [-0.2, 0) is 6.54 Å². The first-order chi connectivity index (χ1) is 8.99. The fourth-order valence-corrected chi connectivity index (χ4v) is 2.89. The van der Waals surface area contributed by atoms with Crippen molar-refractivity contribution in [2.24, 2.45) is 0 Å². The molecule has 1 N–H and O–H groups in total. The molecule has 0 saturated heterocycles. The van der Waals surface area contributed by atoms with Crippen LogP contribution >= 0.6 is 11.8 Å². The number of fused-ring (bicyclic) bond motifs is 1. The number of aromatic nitrogens is 1. The smallest absolute Gasteiger partial charge is 0.102 e. The van der Waals surface area contributed by atoms with Crippen molar-refractivity contribution >= 4 is 22.7 Å². The third kappa shape index (κ3) is 3.95. The lowest BCUT2D eigenvalue weighted by Crippen LogP contribution is -2.15. The monoisotopic (exact) mass is 274 g/mol. The van der Waals surface area contributed by atoms with Crippen molar-refractivity contribution in [3.8, 4) is 0 Å². The predicted molar refractivity (Wildman–Crippen MR) is 84.7 cm³/mol. The van der Waals surface area contributed by atoms with Gasteiger partial charge >= 0.3 is 0 Å². The van der Waals surface area contributed by atoms with E-state index in [0.717, 1.165) is 23.6 Å². The first-order valence-corrected chi connectivity index (χ1v) is 7.59. The number of thioether (sulfide) groups is 1. The maximum atomic E-state index is 4.84. The lowest BCUT2D eigenvalue weighted by atomic mass is 10.1. The van der Waals surface area contributed by atoms with E-state index in [9.17, 15) is 0 Å². The number of nitrogens with one attached hydrogen (secondary N) is 1. The summed E-state index contributed by atoms with van der Waals surface area (Å²) >= 11 is 1.84. The zero-order valence-corrected chi connectivity index (χ0v) is 13.0. The Labute approximate surface area is 120 Å².